The van der Waals surface area contributed by atoms with Gasteiger partial charge in [-0.15, -0.1) is 0 Å². The lowest BCUT2D eigenvalue weighted by atomic mass is 9.82. The zero-order valence-corrected chi connectivity index (χ0v) is 26.4. The number of carbonyl (C=O) groups is 2. The number of ketones is 2. The van der Waals surface area contributed by atoms with Crippen LogP contribution < -0.4 is 4.90 Å². The first kappa shape index (κ1) is 29.6. The normalized spacial score (nSPS) is 12.4. The van der Waals surface area contributed by atoms with Gasteiger partial charge in [0.2, 0.25) is 0 Å². The SMILES string of the molecule is Cc1ccc(C=Cc2ccc3c(c2)C(=O)c2ccc(C=Cc4ccc(N(c5ccccc5)c5ccc(C)cc5)cc4)cc2C3=O)cc1. The predicted octanol–water partition coefficient (Wildman–Crippen LogP) is 10.9. The minimum Gasteiger partial charge on any atom is -0.311 e. The number of fused-ring (bicyclic) bond motifs is 2. The highest BCUT2D eigenvalue weighted by Gasteiger charge is 2.29. The summed E-state index contributed by atoms with van der Waals surface area (Å²) in [5.41, 5.74) is 11.3. The molecule has 0 radical (unpaired) electrons. The first-order chi connectivity index (χ1) is 22.9. The molecule has 226 valence electrons. The summed E-state index contributed by atoms with van der Waals surface area (Å²) in [4.78, 5) is 29.3. The van der Waals surface area contributed by atoms with E-state index in [1.807, 2.05) is 66.8 Å². The van der Waals surface area contributed by atoms with Gasteiger partial charge in [-0.3, -0.25) is 9.59 Å². The summed E-state index contributed by atoms with van der Waals surface area (Å²) in [5.74, 6) is -0.247. The van der Waals surface area contributed by atoms with Gasteiger partial charge in [-0.25, -0.2) is 0 Å². The van der Waals surface area contributed by atoms with Crippen molar-refractivity contribution in [1.29, 1.82) is 0 Å². The predicted molar refractivity (Wildman–Crippen MR) is 195 cm³/mol. The van der Waals surface area contributed by atoms with Crippen LogP contribution in [0.5, 0.6) is 0 Å². The number of para-hydroxylation sites is 1. The fourth-order valence-electron chi connectivity index (χ4n) is 5.91. The van der Waals surface area contributed by atoms with Crippen molar-refractivity contribution in [1.82, 2.24) is 0 Å². The third kappa shape index (κ3) is 6.25. The van der Waals surface area contributed by atoms with Crippen LogP contribution in [0.4, 0.5) is 17.1 Å². The third-order valence-electron chi connectivity index (χ3n) is 8.54. The molecule has 0 fully saturated rings. The number of hydrogen-bond donors (Lipinski definition) is 0. The summed E-state index contributed by atoms with van der Waals surface area (Å²) in [6, 6.07) is 46.5. The quantitative estimate of drug-likeness (QED) is 0.169. The zero-order chi connectivity index (χ0) is 32.3. The molecule has 0 spiro atoms. The van der Waals surface area contributed by atoms with Crippen molar-refractivity contribution in [3.63, 3.8) is 0 Å². The summed E-state index contributed by atoms with van der Waals surface area (Å²) >= 11 is 0. The maximum atomic E-state index is 13.6. The van der Waals surface area contributed by atoms with E-state index in [0.29, 0.717) is 22.3 Å². The Hall–Kier alpha value is -6.06. The summed E-state index contributed by atoms with van der Waals surface area (Å²) in [5, 5.41) is 0. The largest absolute Gasteiger partial charge is 0.311 e. The number of benzene rings is 6. The standard InChI is InChI=1S/C44H33NO2/c1-30-8-12-32(13-9-30)14-16-34-20-26-39-41(28-34)43(46)40-27-21-35(29-42(40)44(39)47)17-15-33-18-24-38(25-19-33)45(36-6-4-3-5-7-36)37-22-10-31(2)11-23-37/h3-29H,1-2H3. The van der Waals surface area contributed by atoms with Gasteiger partial charge in [0.25, 0.3) is 0 Å². The first-order valence-electron chi connectivity index (χ1n) is 15.8. The number of hydrogen-bond acceptors (Lipinski definition) is 3. The molecule has 6 aromatic rings. The van der Waals surface area contributed by atoms with E-state index in [4.69, 9.17) is 0 Å². The maximum Gasteiger partial charge on any atom is 0.194 e. The van der Waals surface area contributed by atoms with Crippen LogP contribution in [0.2, 0.25) is 0 Å². The molecule has 0 amide bonds. The van der Waals surface area contributed by atoms with Gasteiger partial charge in [-0.1, -0.05) is 114 Å². The average Bonchev–Trinajstić information content (AvgIpc) is 3.11. The third-order valence-corrected chi connectivity index (χ3v) is 8.54. The molecular formula is C44H33NO2. The zero-order valence-electron chi connectivity index (χ0n) is 26.4. The van der Waals surface area contributed by atoms with Crippen molar-refractivity contribution in [2.75, 3.05) is 4.90 Å². The Labute approximate surface area is 275 Å². The van der Waals surface area contributed by atoms with Gasteiger partial charge in [-0.05, 0) is 96.8 Å². The maximum absolute atomic E-state index is 13.6. The lowest BCUT2D eigenvalue weighted by Crippen LogP contribution is -2.21. The molecule has 0 saturated heterocycles. The molecule has 1 aliphatic carbocycles. The van der Waals surface area contributed by atoms with E-state index >= 15 is 0 Å². The molecule has 0 aromatic heterocycles. The molecule has 6 aromatic carbocycles. The fraction of sp³-hybridized carbons (Fsp3) is 0.0455. The van der Waals surface area contributed by atoms with Crippen molar-refractivity contribution < 1.29 is 9.59 Å². The van der Waals surface area contributed by atoms with Crippen molar-refractivity contribution in [2.45, 2.75) is 13.8 Å². The number of nitrogens with zero attached hydrogens (tertiary/aromatic N) is 1. The van der Waals surface area contributed by atoms with Gasteiger partial charge >= 0.3 is 0 Å². The highest BCUT2D eigenvalue weighted by Crippen LogP contribution is 2.35. The molecule has 47 heavy (non-hydrogen) atoms. The number of aryl methyl sites for hydroxylation is 2. The molecular weight excluding hydrogens is 574 g/mol. The molecule has 1 aliphatic rings. The van der Waals surface area contributed by atoms with Crippen LogP contribution in [0, 0.1) is 13.8 Å². The van der Waals surface area contributed by atoms with Gasteiger partial charge in [0, 0.05) is 39.3 Å². The topological polar surface area (TPSA) is 37.4 Å². The van der Waals surface area contributed by atoms with Crippen LogP contribution >= 0.6 is 0 Å². The highest BCUT2D eigenvalue weighted by atomic mass is 16.1. The second kappa shape index (κ2) is 12.7. The van der Waals surface area contributed by atoms with Crippen LogP contribution in [0.15, 0.2) is 140 Å². The van der Waals surface area contributed by atoms with Crippen LogP contribution in [0.25, 0.3) is 24.3 Å². The Morgan fingerprint density at radius 2 is 0.745 bits per heavy atom. The van der Waals surface area contributed by atoms with Crippen molar-refractivity contribution in [3.05, 3.63) is 195 Å². The minimum atomic E-state index is -0.125. The second-order valence-corrected chi connectivity index (χ2v) is 11.9. The van der Waals surface area contributed by atoms with Crippen LogP contribution in [-0.2, 0) is 0 Å². The van der Waals surface area contributed by atoms with Crippen LogP contribution in [0.1, 0.15) is 65.2 Å². The summed E-state index contributed by atoms with van der Waals surface area (Å²) in [6.07, 6.45) is 8.00. The van der Waals surface area contributed by atoms with Gasteiger partial charge in [-0.2, -0.15) is 0 Å². The Bertz CT molecular complexity index is 2160. The van der Waals surface area contributed by atoms with Crippen LogP contribution in [0.3, 0.4) is 0 Å². The summed E-state index contributed by atoms with van der Waals surface area (Å²) < 4.78 is 0. The number of carbonyl (C=O) groups excluding carboxylic acids is 2. The Morgan fingerprint density at radius 3 is 1.23 bits per heavy atom. The van der Waals surface area contributed by atoms with E-state index in [0.717, 1.165) is 39.3 Å². The van der Waals surface area contributed by atoms with E-state index in [2.05, 4.69) is 104 Å². The van der Waals surface area contributed by atoms with Crippen molar-refractivity contribution >= 4 is 52.9 Å². The molecule has 0 atom stereocenters. The minimum absolute atomic E-state index is 0.122. The summed E-state index contributed by atoms with van der Waals surface area (Å²) in [6.45, 7) is 4.15. The summed E-state index contributed by atoms with van der Waals surface area (Å²) in [7, 11) is 0. The second-order valence-electron chi connectivity index (χ2n) is 11.9. The monoisotopic (exact) mass is 607 g/mol. The van der Waals surface area contributed by atoms with Gasteiger partial charge in [0.1, 0.15) is 0 Å². The molecule has 0 heterocycles. The number of anilines is 3. The molecule has 0 unspecified atom stereocenters. The molecule has 0 N–H and O–H groups in total. The van der Waals surface area contributed by atoms with E-state index in [1.54, 1.807) is 12.1 Å². The molecule has 0 aliphatic heterocycles. The molecule has 0 saturated carbocycles. The number of rotatable bonds is 7. The van der Waals surface area contributed by atoms with E-state index in [9.17, 15) is 9.59 Å². The van der Waals surface area contributed by atoms with Gasteiger partial charge in [0.15, 0.2) is 11.6 Å². The molecule has 3 nitrogen and oxygen atoms in total. The van der Waals surface area contributed by atoms with Crippen molar-refractivity contribution in [2.24, 2.45) is 0 Å². The van der Waals surface area contributed by atoms with Crippen molar-refractivity contribution in [3.8, 4) is 0 Å². The Kier molecular flexibility index (Phi) is 8.04. The molecule has 0 bridgehead atoms. The van der Waals surface area contributed by atoms with E-state index in [-0.39, 0.29) is 11.6 Å². The average molecular weight is 608 g/mol. The fourth-order valence-corrected chi connectivity index (χ4v) is 5.91. The molecule has 7 rings (SSSR count). The first-order valence-corrected chi connectivity index (χ1v) is 15.8. The van der Waals surface area contributed by atoms with Crippen LogP contribution in [-0.4, -0.2) is 11.6 Å². The Balaban J connectivity index is 1.11. The highest BCUT2D eigenvalue weighted by molar-refractivity contribution is 6.28. The molecule has 3 heteroatoms. The van der Waals surface area contributed by atoms with Gasteiger partial charge < -0.3 is 4.90 Å². The van der Waals surface area contributed by atoms with Gasteiger partial charge in [0.05, 0.1) is 0 Å². The lowest BCUT2D eigenvalue weighted by molar-refractivity contribution is 0.0979. The Morgan fingerprint density at radius 1 is 0.383 bits per heavy atom. The smallest absolute Gasteiger partial charge is 0.194 e. The van der Waals surface area contributed by atoms with E-state index < -0.39 is 0 Å². The lowest BCUT2D eigenvalue weighted by Gasteiger charge is -2.25. The van der Waals surface area contributed by atoms with E-state index in [1.165, 1.54) is 11.1 Å².